The summed E-state index contributed by atoms with van der Waals surface area (Å²) in [4.78, 5) is 12.6. The van der Waals surface area contributed by atoms with Gasteiger partial charge in [-0.3, -0.25) is 4.79 Å². The highest BCUT2D eigenvalue weighted by Crippen LogP contribution is 2.32. The summed E-state index contributed by atoms with van der Waals surface area (Å²) in [5.41, 5.74) is 4.21. The monoisotopic (exact) mass is 386 g/mol. The highest BCUT2D eigenvalue weighted by atomic mass is 16.7. The third-order valence-electron chi connectivity index (χ3n) is 4.84. The van der Waals surface area contributed by atoms with Crippen molar-refractivity contribution >= 4 is 16.9 Å². The molecule has 1 aliphatic heterocycles. The molecule has 7 nitrogen and oxygen atoms in total. The molecule has 0 atom stereocenters. The summed E-state index contributed by atoms with van der Waals surface area (Å²) in [6, 6.07) is 21.1. The number of carbonyl (C=O) groups is 1. The number of benzene rings is 3. The summed E-state index contributed by atoms with van der Waals surface area (Å²) in [5.74, 6) is 1.26. The number of rotatable bonds is 5. The molecular formula is C22H18N4O3. The van der Waals surface area contributed by atoms with Crippen LogP contribution in [0.25, 0.3) is 11.0 Å². The maximum atomic E-state index is 12.6. The summed E-state index contributed by atoms with van der Waals surface area (Å²) < 4.78 is 12.5. The second-order valence-corrected chi connectivity index (χ2v) is 6.81. The molecule has 4 aromatic rings. The van der Waals surface area contributed by atoms with E-state index in [0.29, 0.717) is 29.9 Å². The lowest BCUT2D eigenvalue weighted by molar-refractivity contribution is 0.0951. The molecule has 0 saturated heterocycles. The maximum Gasteiger partial charge on any atom is 0.251 e. The van der Waals surface area contributed by atoms with Crippen LogP contribution >= 0.6 is 0 Å². The van der Waals surface area contributed by atoms with E-state index in [1.165, 1.54) is 0 Å². The standard InChI is InChI=1S/C22H18N4O3/c27-22(23-12-16-6-9-20-21(10-16)29-14-28-20)17-7-8-19-18(11-17)24-25-26(19)13-15-4-2-1-3-5-15/h1-11H,12-14H2,(H,23,27). The van der Waals surface area contributed by atoms with Crippen LogP contribution in [0, 0.1) is 0 Å². The molecule has 0 fully saturated rings. The fourth-order valence-electron chi connectivity index (χ4n) is 3.32. The Morgan fingerprint density at radius 3 is 2.72 bits per heavy atom. The Kier molecular flexibility index (Phi) is 4.32. The van der Waals surface area contributed by atoms with Crippen LogP contribution in [-0.2, 0) is 13.1 Å². The third kappa shape index (κ3) is 3.50. The number of carbonyl (C=O) groups excluding carboxylic acids is 1. The Hall–Kier alpha value is -3.87. The van der Waals surface area contributed by atoms with Gasteiger partial charge in [-0.25, -0.2) is 4.68 Å². The molecule has 1 amide bonds. The van der Waals surface area contributed by atoms with Crippen molar-refractivity contribution in [3.8, 4) is 11.5 Å². The van der Waals surface area contributed by atoms with E-state index in [9.17, 15) is 4.79 Å². The van der Waals surface area contributed by atoms with Crippen molar-refractivity contribution in [3.05, 3.63) is 83.4 Å². The summed E-state index contributed by atoms with van der Waals surface area (Å²) >= 11 is 0. The minimum Gasteiger partial charge on any atom is -0.454 e. The van der Waals surface area contributed by atoms with Crippen molar-refractivity contribution in [1.82, 2.24) is 20.3 Å². The third-order valence-corrected chi connectivity index (χ3v) is 4.84. The molecule has 144 valence electrons. The molecule has 5 rings (SSSR count). The van der Waals surface area contributed by atoms with Crippen molar-refractivity contribution in [2.24, 2.45) is 0 Å². The van der Waals surface area contributed by atoms with Crippen LogP contribution in [0.5, 0.6) is 11.5 Å². The zero-order chi connectivity index (χ0) is 19.6. The second kappa shape index (κ2) is 7.27. The largest absolute Gasteiger partial charge is 0.454 e. The van der Waals surface area contributed by atoms with Gasteiger partial charge < -0.3 is 14.8 Å². The van der Waals surface area contributed by atoms with E-state index >= 15 is 0 Å². The molecule has 29 heavy (non-hydrogen) atoms. The molecule has 0 radical (unpaired) electrons. The fourth-order valence-corrected chi connectivity index (χ4v) is 3.32. The van der Waals surface area contributed by atoms with Crippen molar-refractivity contribution in [1.29, 1.82) is 0 Å². The van der Waals surface area contributed by atoms with Gasteiger partial charge in [0.1, 0.15) is 5.52 Å². The van der Waals surface area contributed by atoms with Crippen LogP contribution in [0.3, 0.4) is 0 Å². The van der Waals surface area contributed by atoms with Gasteiger partial charge >= 0.3 is 0 Å². The lowest BCUT2D eigenvalue weighted by Crippen LogP contribution is -2.22. The summed E-state index contributed by atoms with van der Waals surface area (Å²) in [6.45, 7) is 1.26. The van der Waals surface area contributed by atoms with E-state index in [1.807, 2.05) is 59.3 Å². The predicted octanol–water partition coefficient (Wildman–Crippen LogP) is 3.14. The molecule has 0 unspecified atom stereocenters. The number of nitrogens with one attached hydrogen (secondary N) is 1. The van der Waals surface area contributed by atoms with Gasteiger partial charge in [-0.05, 0) is 41.5 Å². The molecule has 7 heteroatoms. The average Bonchev–Trinajstić information content (AvgIpc) is 3.39. The SMILES string of the molecule is O=C(NCc1ccc2c(c1)OCO2)c1ccc2c(c1)nnn2Cc1ccccc1. The van der Waals surface area contributed by atoms with Gasteiger partial charge in [0, 0.05) is 12.1 Å². The first-order valence-corrected chi connectivity index (χ1v) is 9.30. The van der Waals surface area contributed by atoms with Gasteiger partial charge in [-0.15, -0.1) is 5.10 Å². The Morgan fingerprint density at radius 2 is 1.83 bits per heavy atom. The van der Waals surface area contributed by atoms with E-state index in [4.69, 9.17) is 9.47 Å². The smallest absolute Gasteiger partial charge is 0.251 e. The highest BCUT2D eigenvalue weighted by Gasteiger charge is 2.14. The normalized spacial score (nSPS) is 12.3. The number of hydrogen-bond acceptors (Lipinski definition) is 5. The summed E-state index contributed by atoms with van der Waals surface area (Å²) in [5, 5.41) is 11.4. The molecule has 0 aliphatic carbocycles. The quantitative estimate of drug-likeness (QED) is 0.570. The zero-order valence-electron chi connectivity index (χ0n) is 15.5. The van der Waals surface area contributed by atoms with E-state index in [2.05, 4.69) is 15.6 Å². The fraction of sp³-hybridized carbons (Fsp3) is 0.136. The Morgan fingerprint density at radius 1 is 0.966 bits per heavy atom. The minimum atomic E-state index is -0.165. The number of hydrogen-bond donors (Lipinski definition) is 1. The van der Waals surface area contributed by atoms with Gasteiger partial charge in [0.05, 0.1) is 12.1 Å². The molecule has 1 aliphatic rings. The first-order chi connectivity index (χ1) is 14.3. The minimum absolute atomic E-state index is 0.165. The van der Waals surface area contributed by atoms with Crippen LogP contribution in [0.1, 0.15) is 21.5 Å². The number of aromatic nitrogens is 3. The second-order valence-electron chi connectivity index (χ2n) is 6.81. The van der Waals surface area contributed by atoms with Gasteiger partial charge in [0.25, 0.3) is 5.91 Å². The van der Waals surface area contributed by atoms with Crippen molar-refractivity contribution in [2.75, 3.05) is 6.79 Å². The average molecular weight is 386 g/mol. The first-order valence-electron chi connectivity index (χ1n) is 9.30. The predicted molar refractivity (Wildman–Crippen MR) is 107 cm³/mol. The van der Waals surface area contributed by atoms with E-state index in [1.54, 1.807) is 12.1 Å². The lowest BCUT2D eigenvalue weighted by atomic mass is 10.1. The van der Waals surface area contributed by atoms with Crippen LogP contribution < -0.4 is 14.8 Å². The molecule has 2 heterocycles. The van der Waals surface area contributed by atoms with E-state index < -0.39 is 0 Å². The van der Waals surface area contributed by atoms with Crippen LogP contribution in [-0.4, -0.2) is 27.7 Å². The lowest BCUT2D eigenvalue weighted by Gasteiger charge is -2.07. The molecular weight excluding hydrogens is 368 g/mol. The van der Waals surface area contributed by atoms with Crippen molar-refractivity contribution < 1.29 is 14.3 Å². The van der Waals surface area contributed by atoms with E-state index in [0.717, 1.165) is 22.4 Å². The van der Waals surface area contributed by atoms with Gasteiger partial charge in [0.2, 0.25) is 6.79 Å². The molecule has 3 aromatic carbocycles. The van der Waals surface area contributed by atoms with Crippen molar-refractivity contribution in [3.63, 3.8) is 0 Å². The molecule has 1 aromatic heterocycles. The summed E-state index contributed by atoms with van der Waals surface area (Å²) in [7, 11) is 0. The van der Waals surface area contributed by atoms with Crippen molar-refractivity contribution in [2.45, 2.75) is 13.1 Å². The number of amides is 1. The molecule has 1 N–H and O–H groups in total. The first kappa shape index (κ1) is 17.2. The topological polar surface area (TPSA) is 78.3 Å². The molecule has 0 spiro atoms. The Balaban J connectivity index is 1.29. The highest BCUT2D eigenvalue weighted by molar-refractivity contribution is 5.97. The van der Waals surface area contributed by atoms with E-state index in [-0.39, 0.29) is 12.7 Å². The van der Waals surface area contributed by atoms with Crippen LogP contribution in [0.2, 0.25) is 0 Å². The number of ether oxygens (including phenoxy) is 2. The van der Waals surface area contributed by atoms with Gasteiger partial charge in [-0.1, -0.05) is 41.6 Å². The maximum absolute atomic E-state index is 12.6. The summed E-state index contributed by atoms with van der Waals surface area (Å²) in [6.07, 6.45) is 0. The van der Waals surface area contributed by atoms with Crippen LogP contribution in [0.4, 0.5) is 0 Å². The van der Waals surface area contributed by atoms with Crippen LogP contribution in [0.15, 0.2) is 66.7 Å². The number of nitrogens with zero attached hydrogens (tertiary/aromatic N) is 3. The molecule has 0 bridgehead atoms. The van der Waals surface area contributed by atoms with Gasteiger partial charge in [-0.2, -0.15) is 0 Å². The Bertz CT molecular complexity index is 1190. The van der Waals surface area contributed by atoms with Gasteiger partial charge in [0.15, 0.2) is 11.5 Å². The zero-order valence-corrected chi connectivity index (χ0v) is 15.5. The molecule has 0 saturated carbocycles. The number of fused-ring (bicyclic) bond motifs is 2. The Labute approximate surface area is 166 Å².